The molecule has 0 aromatic carbocycles. The van der Waals surface area contributed by atoms with Crippen LogP contribution in [0.4, 0.5) is 0 Å². The van der Waals surface area contributed by atoms with Crippen LogP contribution in [0.25, 0.3) is 0 Å². The number of morpholine rings is 1. The Morgan fingerprint density at radius 1 is 1.06 bits per heavy atom. The van der Waals surface area contributed by atoms with Gasteiger partial charge in [-0.1, -0.05) is 6.92 Å². The van der Waals surface area contributed by atoms with Crippen molar-refractivity contribution < 1.29 is 4.74 Å². The van der Waals surface area contributed by atoms with Crippen molar-refractivity contribution in [1.29, 1.82) is 0 Å². The van der Waals surface area contributed by atoms with E-state index in [1.165, 1.54) is 19.5 Å². The molecule has 0 aliphatic carbocycles. The predicted molar refractivity (Wildman–Crippen MR) is 71.3 cm³/mol. The van der Waals surface area contributed by atoms with Crippen LogP contribution in [0.1, 0.15) is 41.0 Å². The van der Waals surface area contributed by atoms with Gasteiger partial charge in [-0.2, -0.15) is 0 Å². The predicted octanol–water partition coefficient (Wildman–Crippen LogP) is 1.88. The van der Waals surface area contributed by atoms with Gasteiger partial charge in [0.1, 0.15) is 0 Å². The van der Waals surface area contributed by atoms with Crippen LogP contribution in [0.5, 0.6) is 0 Å². The molecule has 1 unspecified atom stereocenters. The molecule has 3 nitrogen and oxygen atoms in total. The highest BCUT2D eigenvalue weighted by Crippen LogP contribution is 2.32. The molecular weight excluding hydrogens is 212 g/mol. The molecule has 0 aromatic heterocycles. The third-order valence-corrected chi connectivity index (χ3v) is 3.82. The quantitative estimate of drug-likeness (QED) is 0.797. The zero-order valence-electron chi connectivity index (χ0n) is 12.1. The molecular formula is C14H28N2O. The van der Waals surface area contributed by atoms with E-state index in [1.807, 2.05) is 0 Å². The molecule has 2 aliphatic rings. The number of hydrogen-bond acceptors (Lipinski definition) is 3. The van der Waals surface area contributed by atoms with Crippen molar-refractivity contribution in [2.45, 2.75) is 52.2 Å². The van der Waals surface area contributed by atoms with Crippen molar-refractivity contribution in [2.75, 3.05) is 32.7 Å². The zero-order valence-corrected chi connectivity index (χ0v) is 12.1. The molecule has 2 heterocycles. The molecule has 0 radical (unpaired) electrons. The minimum absolute atomic E-state index is 0.0237. The van der Waals surface area contributed by atoms with Gasteiger partial charge in [-0.15, -0.1) is 0 Å². The van der Waals surface area contributed by atoms with Crippen LogP contribution in [0, 0.1) is 5.41 Å². The molecule has 0 aromatic rings. The first-order valence-electron chi connectivity index (χ1n) is 6.83. The van der Waals surface area contributed by atoms with Crippen LogP contribution in [0.2, 0.25) is 0 Å². The number of hydrogen-bond donors (Lipinski definition) is 1. The van der Waals surface area contributed by atoms with Gasteiger partial charge >= 0.3 is 0 Å². The second-order valence-electron chi connectivity index (χ2n) is 7.50. The molecule has 100 valence electrons. The van der Waals surface area contributed by atoms with E-state index in [2.05, 4.69) is 44.8 Å². The Kier molecular flexibility index (Phi) is 3.30. The average molecular weight is 240 g/mol. The first kappa shape index (κ1) is 13.3. The van der Waals surface area contributed by atoms with Gasteiger partial charge in [0.05, 0.1) is 11.2 Å². The summed E-state index contributed by atoms with van der Waals surface area (Å²) in [6.45, 7) is 16.8. The molecule has 17 heavy (non-hydrogen) atoms. The summed E-state index contributed by atoms with van der Waals surface area (Å²) in [6, 6.07) is 0. The van der Waals surface area contributed by atoms with Crippen LogP contribution in [-0.2, 0) is 4.74 Å². The molecule has 1 N–H and O–H groups in total. The fourth-order valence-corrected chi connectivity index (χ4v) is 3.60. The summed E-state index contributed by atoms with van der Waals surface area (Å²) in [5.74, 6) is 0. The largest absolute Gasteiger partial charge is 0.367 e. The van der Waals surface area contributed by atoms with E-state index < -0.39 is 0 Å². The van der Waals surface area contributed by atoms with Crippen LogP contribution in [-0.4, -0.2) is 48.8 Å². The molecule has 0 spiro atoms. The average Bonchev–Trinajstić information content (AvgIpc) is 2.44. The second-order valence-corrected chi connectivity index (χ2v) is 7.50. The van der Waals surface area contributed by atoms with Crippen molar-refractivity contribution in [1.82, 2.24) is 10.2 Å². The van der Waals surface area contributed by atoms with Gasteiger partial charge in [0.15, 0.2) is 0 Å². The van der Waals surface area contributed by atoms with E-state index in [0.717, 1.165) is 19.6 Å². The summed E-state index contributed by atoms with van der Waals surface area (Å²) >= 11 is 0. The minimum Gasteiger partial charge on any atom is -0.367 e. The first-order valence-corrected chi connectivity index (χ1v) is 6.83. The lowest BCUT2D eigenvalue weighted by atomic mass is 9.87. The van der Waals surface area contributed by atoms with Gasteiger partial charge in [-0.3, -0.25) is 4.90 Å². The highest BCUT2D eigenvalue weighted by atomic mass is 16.5. The lowest BCUT2D eigenvalue weighted by Crippen LogP contribution is -2.58. The molecule has 0 amide bonds. The summed E-state index contributed by atoms with van der Waals surface area (Å²) in [7, 11) is 0. The Hall–Kier alpha value is -0.120. The fraction of sp³-hybridized carbons (Fsp3) is 1.00. The highest BCUT2D eigenvalue weighted by molar-refractivity contribution is 4.93. The van der Waals surface area contributed by atoms with Gasteiger partial charge in [-0.25, -0.2) is 0 Å². The maximum atomic E-state index is 6.13. The third kappa shape index (κ3) is 3.43. The molecule has 0 bridgehead atoms. The Morgan fingerprint density at radius 3 is 2.12 bits per heavy atom. The van der Waals surface area contributed by atoms with E-state index in [9.17, 15) is 0 Å². The molecule has 0 saturated carbocycles. The smallest absolute Gasteiger partial charge is 0.0760 e. The summed E-state index contributed by atoms with van der Waals surface area (Å²) in [6.07, 6.45) is 1.30. The number of nitrogens with one attached hydrogen (secondary N) is 1. The molecule has 1 atom stereocenters. The third-order valence-electron chi connectivity index (χ3n) is 3.82. The standard InChI is InChI=1S/C14H28N2O/c1-12(2)9-16(10-13(3,4)17-12)11-14(5)6-7-15-8-14/h15H,6-11H2,1-5H3. The van der Waals surface area contributed by atoms with Crippen LogP contribution >= 0.6 is 0 Å². The van der Waals surface area contributed by atoms with Gasteiger partial charge in [0.2, 0.25) is 0 Å². The lowest BCUT2D eigenvalue weighted by molar-refractivity contribution is -0.184. The summed E-state index contributed by atoms with van der Waals surface area (Å²) in [4.78, 5) is 2.59. The Morgan fingerprint density at radius 2 is 1.65 bits per heavy atom. The van der Waals surface area contributed by atoms with E-state index >= 15 is 0 Å². The van der Waals surface area contributed by atoms with E-state index in [1.54, 1.807) is 0 Å². The van der Waals surface area contributed by atoms with Crippen molar-refractivity contribution in [2.24, 2.45) is 5.41 Å². The summed E-state index contributed by atoms with van der Waals surface area (Å²) in [5.41, 5.74) is 0.401. The first-order chi connectivity index (χ1) is 7.70. The minimum atomic E-state index is -0.0237. The van der Waals surface area contributed by atoms with Crippen molar-refractivity contribution in [3.05, 3.63) is 0 Å². The topological polar surface area (TPSA) is 24.5 Å². The molecule has 3 heteroatoms. The van der Waals surface area contributed by atoms with Crippen molar-refractivity contribution in [3.8, 4) is 0 Å². The van der Waals surface area contributed by atoms with Crippen LogP contribution in [0.15, 0.2) is 0 Å². The fourth-order valence-electron chi connectivity index (χ4n) is 3.60. The number of nitrogens with zero attached hydrogens (tertiary/aromatic N) is 1. The van der Waals surface area contributed by atoms with Crippen molar-refractivity contribution >= 4 is 0 Å². The van der Waals surface area contributed by atoms with Crippen LogP contribution in [0.3, 0.4) is 0 Å². The van der Waals surface area contributed by atoms with Gasteiger partial charge in [-0.05, 0) is 46.1 Å². The molecule has 2 aliphatic heterocycles. The van der Waals surface area contributed by atoms with Gasteiger partial charge in [0.25, 0.3) is 0 Å². The summed E-state index contributed by atoms with van der Waals surface area (Å²) < 4.78 is 6.13. The molecule has 2 saturated heterocycles. The second kappa shape index (κ2) is 4.22. The molecule has 2 rings (SSSR count). The van der Waals surface area contributed by atoms with Gasteiger partial charge < -0.3 is 10.1 Å². The zero-order chi connectivity index (χ0) is 12.7. The van der Waals surface area contributed by atoms with Crippen LogP contribution < -0.4 is 5.32 Å². The van der Waals surface area contributed by atoms with E-state index in [-0.39, 0.29) is 11.2 Å². The monoisotopic (exact) mass is 240 g/mol. The van der Waals surface area contributed by atoms with E-state index in [0.29, 0.717) is 5.41 Å². The maximum absolute atomic E-state index is 6.13. The number of rotatable bonds is 2. The van der Waals surface area contributed by atoms with E-state index in [4.69, 9.17) is 4.74 Å². The lowest BCUT2D eigenvalue weighted by Gasteiger charge is -2.49. The normalized spacial score (nSPS) is 37.2. The van der Waals surface area contributed by atoms with Gasteiger partial charge in [0, 0.05) is 26.2 Å². The SMILES string of the molecule is CC1(CN2CC(C)(C)OC(C)(C)C2)CCNC1. The summed E-state index contributed by atoms with van der Waals surface area (Å²) in [5, 5.41) is 3.49. The Balaban J connectivity index is 2.01. The Bertz CT molecular complexity index is 264. The number of ether oxygens (including phenoxy) is 1. The Labute approximate surface area is 106 Å². The van der Waals surface area contributed by atoms with Crippen molar-refractivity contribution in [3.63, 3.8) is 0 Å². The molecule has 2 fully saturated rings. The maximum Gasteiger partial charge on any atom is 0.0760 e. The highest BCUT2D eigenvalue weighted by Gasteiger charge is 2.41.